The van der Waals surface area contributed by atoms with Crippen molar-refractivity contribution in [2.75, 3.05) is 31.5 Å². The summed E-state index contributed by atoms with van der Waals surface area (Å²) in [5, 5.41) is 7.41. The third-order valence-electron chi connectivity index (χ3n) is 3.13. The van der Waals surface area contributed by atoms with Crippen LogP contribution < -0.4 is 5.32 Å². The van der Waals surface area contributed by atoms with E-state index in [1.165, 1.54) is 0 Å². The molecule has 0 spiro atoms. The van der Waals surface area contributed by atoms with E-state index in [0.29, 0.717) is 11.9 Å². The molecule has 0 radical (unpaired) electrons. The van der Waals surface area contributed by atoms with Crippen molar-refractivity contribution in [3.8, 4) is 5.95 Å². The highest BCUT2D eigenvalue weighted by Crippen LogP contribution is 2.08. The first kappa shape index (κ1) is 15.7. The molecule has 2 rings (SSSR count). The molecule has 0 bridgehead atoms. The maximum absolute atomic E-state index is 5.92. The fraction of sp³-hybridized carbons (Fsp3) is 0.538. The SMILES string of the molecule is CCN(CC)CCCNc1nc(Cl)nc(-n2cccn2)n1. The molecule has 0 saturated carbocycles. The molecule has 0 aliphatic rings. The zero-order valence-electron chi connectivity index (χ0n) is 12.3. The number of nitrogens with zero attached hydrogens (tertiary/aromatic N) is 6. The molecule has 0 aromatic carbocycles. The largest absolute Gasteiger partial charge is 0.354 e. The van der Waals surface area contributed by atoms with Gasteiger partial charge in [-0.25, -0.2) is 4.68 Å². The number of hydrogen-bond donors (Lipinski definition) is 1. The number of nitrogens with one attached hydrogen (secondary N) is 1. The third kappa shape index (κ3) is 4.64. The Morgan fingerprint density at radius 2 is 2.05 bits per heavy atom. The highest BCUT2D eigenvalue weighted by Gasteiger charge is 2.07. The predicted molar refractivity (Wildman–Crippen MR) is 82.9 cm³/mol. The van der Waals surface area contributed by atoms with E-state index >= 15 is 0 Å². The maximum atomic E-state index is 5.92. The molecule has 114 valence electrons. The van der Waals surface area contributed by atoms with E-state index in [1.54, 1.807) is 23.1 Å². The van der Waals surface area contributed by atoms with E-state index in [0.717, 1.165) is 32.6 Å². The van der Waals surface area contributed by atoms with Gasteiger partial charge in [0.25, 0.3) is 5.95 Å². The molecule has 2 aromatic heterocycles. The zero-order valence-corrected chi connectivity index (χ0v) is 13.1. The summed E-state index contributed by atoms with van der Waals surface area (Å²) in [6.45, 7) is 8.30. The van der Waals surface area contributed by atoms with Crippen molar-refractivity contribution in [3.05, 3.63) is 23.7 Å². The monoisotopic (exact) mass is 309 g/mol. The molecule has 0 unspecified atom stereocenters. The molecule has 0 aliphatic carbocycles. The summed E-state index contributed by atoms with van der Waals surface area (Å²) in [5.74, 6) is 0.881. The van der Waals surface area contributed by atoms with Gasteiger partial charge in [0.05, 0.1) is 0 Å². The summed E-state index contributed by atoms with van der Waals surface area (Å²) < 4.78 is 1.55. The van der Waals surface area contributed by atoms with E-state index in [-0.39, 0.29) is 5.28 Å². The number of anilines is 1. The van der Waals surface area contributed by atoms with Crippen LogP contribution >= 0.6 is 11.6 Å². The summed E-state index contributed by atoms with van der Waals surface area (Å²) in [6, 6.07) is 1.80. The average molecular weight is 310 g/mol. The van der Waals surface area contributed by atoms with Gasteiger partial charge in [-0.3, -0.25) is 0 Å². The van der Waals surface area contributed by atoms with Crippen LogP contribution in [0.4, 0.5) is 5.95 Å². The number of halogens is 1. The Hall–Kier alpha value is -1.73. The van der Waals surface area contributed by atoms with Gasteiger partial charge in [0.1, 0.15) is 0 Å². The Kier molecular flexibility index (Phi) is 5.89. The van der Waals surface area contributed by atoms with Crippen LogP contribution in [0, 0.1) is 0 Å². The van der Waals surface area contributed by atoms with Crippen molar-refractivity contribution < 1.29 is 0 Å². The van der Waals surface area contributed by atoms with Crippen LogP contribution in [-0.2, 0) is 0 Å². The van der Waals surface area contributed by atoms with Crippen LogP contribution in [0.5, 0.6) is 0 Å². The lowest BCUT2D eigenvalue weighted by atomic mass is 10.3. The van der Waals surface area contributed by atoms with Crippen molar-refractivity contribution in [2.24, 2.45) is 0 Å². The molecule has 8 heteroatoms. The molecule has 0 saturated heterocycles. The summed E-state index contributed by atoms with van der Waals surface area (Å²) >= 11 is 5.92. The van der Waals surface area contributed by atoms with Gasteiger partial charge in [-0.15, -0.1) is 0 Å². The molecule has 2 heterocycles. The molecule has 0 atom stereocenters. The molecule has 0 fully saturated rings. The lowest BCUT2D eigenvalue weighted by molar-refractivity contribution is 0.303. The summed E-state index contributed by atoms with van der Waals surface area (Å²) in [4.78, 5) is 14.8. The summed E-state index contributed by atoms with van der Waals surface area (Å²) in [6.07, 6.45) is 4.44. The average Bonchev–Trinajstić information content (AvgIpc) is 3.01. The Morgan fingerprint density at radius 1 is 1.24 bits per heavy atom. The summed E-state index contributed by atoms with van der Waals surface area (Å²) in [7, 11) is 0. The minimum absolute atomic E-state index is 0.154. The molecule has 1 N–H and O–H groups in total. The van der Waals surface area contributed by atoms with Gasteiger partial charge in [-0.05, 0) is 43.7 Å². The fourth-order valence-corrected chi connectivity index (χ4v) is 2.11. The molecular weight excluding hydrogens is 290 g/mol. The van der Waals surface area contributed by atoms with Crippen molar-refractivity contribution in [1.82, 2.24) is 29.6 Å². The second-order valence-corrected chi connectivity index (χ2v) is 4.82. The van der Waals surface area contributed by atoms with Gasteiger partial charge in [-0.1, -0.05) is 13.8 Å². The van der Waals surface area contributed by atoms with E-state index < -0.39 is 0 Å². The van der Waals surface area contributed by atoms with E-state index in [2.05, 4.69) is 44.1 Å². The Bertz CT molecular complexity index is 539. The predicted octanol–water partition coefficient (Wildman–Crippen LogP) is 1.85. The maximum Gasteiger partial charge on any atom is 0.256 e. The van der Waals surface area contributed by atoms with Crippen LogP contribution in [0.15, 0.2) is 18.5 Å². The molecule has 0 amide bonds. The smallest absolute Gasteiger partial charge is 0.256 e. The van der Waals surface area contributed by atoms with Gasteiger partial charge < -0.3 is 10.2 Å². The van der Waals surface area contributed by atoms with Crippen LogP contribution in [0.3, 0.4) is 0 Å². The minimum Gasteiger partial charge on any atom is -0.354 e. The first-order valence-electron chi connectivity index (χ1n) is 7.10. The lowest BCUT2D eigenvalue weighted by Crippen LogP contribution is -2.25. The second kappa shape index (κ2) is 7.90. The molecular formula is C13H20ClN7. The Labute approximate surface area is 129 Å². The second-order valence-electron chi connectivity index (χ2n) is 4.49. The van der Waals surface area contributed by atoms with Crippen LogP contribution in [0.25, 0.3) is 5.95 Å². The number of aromatic nitrogens is 5. The van der Waals surface area contributed by atoms with Crippen LogP contribution in [0.2, 0.25) is 5.28 Å². The fourth-order valence-electron chi connectivity index (χ4n) is 1.95. The van der Waals surface area contributed by atoms with Gasteiger partial charge in [0, 0.05) is 18.9 Å². The molecule has 7 nitrogen and oxygen atoms in total. The topological polar surface area (TPSA) is 71.8 Å². The van der Waals surface area contributed by atoms with Crippen molar-refractivity contribution in [3.63, 3.8) is 0 Å². The van der Waals surface area contributed by atoms with Crippen molar-refractivity contribution >= 4 is 17.5 Å². The van der Waals surface area contributed by atoms with Crippen LogP contribution in [-0.4, -0.2) is 55.8 Å². The normalized spacial score (nSPS) is 11.0. The highest BCUT2D eigenvalue weighted by molar-refractivity contribution is 6.28. The zero-order chi connectivity index (χ0) is 15.1. The van der Waals surface area contributed by atoms with Gasteiger partial charge in [0.2, 0.25) is 11.2 Å². The molecule has 21 heavy (non-hydrogen) atoms. The van der Waals surface area contributed by atoms with Gasteiger partial charge >= 0.3 is 0 Å². The Morgan fingerprint density at radius 3 is 2.71 bits per heavy atom. The van der Waals surface area contributed by atoms with Crippen LogP contribution in [0.1, 0.15) is 20.3 Å². The minimum atomic E-state index is 0.154. The first-order valence-corrected chi connectivity index (χ1v) is 7.48. The van der Waals surface area contributed by atoms with Crippen molar-refractivity contribution in [1.29, 1.82) is 0 Å². The van der Waals surface area contributed by atoms with E-state index in [4.69, 9.17) is 11.6 Å². The van der Waals surface area contributed by atoms with E-state index in [9.17, 15) is 0 Å². The molecule has 2 aromatic rings. The lowest BCUT2D eigenvalue weighted by Gasteiger charge is -2.17. The quantitative estimate of drug-likeness (QED) is 0.750. The van der Waals surface area contributed by atoms with E-state index in [1.807, 2.05) is 0 Å². The first-order chi connectivity index (χ1) is 10.2. The van der Waals surface area contributed by atoms with Crippen molar-refractivity contribution in [2.45, 2.75) is 20.3 Å². The highest BCUT2D eigenvalue weighted by atomic mass is 35.5. The Balaban J connectivity index is 1.92. The summed E-state index contributed by atoms with van der Waals surface area (Å²) in [5.41, 5.74) is 0. The number of hydrogen-bond acceptors (Lipinski definition) is 6. The third-order valence-corrected chi connectivity index (χ3v) is 3.30. The molecule has 0 aliphatic heterocycles. The standard InChI is InChI=1S/C13H20ClN7/c1-3-20(4-2)9-5-7-15-12-17-11(14)18-13(19-12)21-10-6-8-16-21/h6,8,10H,3-5,7,9H2,1-2H3,(H,15,17,18,19). The van der Waals surface area contributed by atoms with Gasteiger partial charge in [0.15, 0.2) is 0 Å². The number of rotatable bonds is 8. The van der Waals surface area contributed by atoms with Gasteiger partial charge in [-0.2, -0.15) is 20.1 Å².